The first-order valence-electron chi connectivity index (χ1n) is 8.43. The maximum atomic E-state index is 6.29. The van der Waals surface area contributed by atoms with E-state index >= 15 is 0 Å². The van der Waals surface area contributed by atoms with Crippen LogP contribution in [0.5, 0.6) is 5.88 Å². The summed E-state index contributed by atoms with van der Waals surface area (Å²) in [5, 5.41) is 11.9. The van der Waals surface area contributed by atoms with E-state index in [0.29, 0.717) is 5.88 Å². The summed E-state index contributed by atoms with van der Waals surface area (Å²) in [6, 6.07) is 8.03. The second-order valence-electron chi connectivity index (χ2n) is 6.25. The molecule has 0 amide bonds. The standard InChI is InChI=1S/C17H18N6O/c1-2-6-12(7-3-1)24-17-15(23-18-10-11-19-23)16-20-13-8-4-5-9-14(13)22(16)21-17/h4-5,8-12,21H,1-3,6-7H2. The van der Waals surface area contributed by atoms with E-state index in [1.165, 1.54) is 19.3 Å². The molecule has 1 aromatic carbocycles. The molecule has 1 N–H and O–H groups in total. The number of aromatic nitrogens is 6. The van der Waals surface area contributed by atoms with Crippen LogP contribution < -0.4 is 4.74 Å². The molecular weight excluding hydrogens is 304 g/mol. The minimum atomic E-state index is 0.239. The van der Waals surface area contributed by atoms with Gasteiger partial charge in [-0.1, -0.05) is 18.6 Å². The number of aromatic amines is 1. The second-order valence-corrected chi connectivity index (χ2v) is 6.25. The largest absolute Gasteiger partial charge is 0.473 e. The third kappa shape index (κ3) is 2.08. The number of para-hydroxylation sites is 2. The quantitative estimate of drug-likeness (QED) is 0.629. The molecule has 1 aliphatic rings. The third-order valence-electron chi connectivity index (χ3n) is 4.66. The lowest BCUT2D eigenvalue weighted by molar-refractivity contribution is 0.147. The minimum Gasteiger partial charge on any atom is -0.473 e. The van der Waals surface area contributed by atoms with Crippen LogP contribution in [0.15, 0.2) is 36.7 Å². The zero-order valence-electron chi connectivity index (χ0n) is 13.2. The molecule has 0 spiro atoms. The van der Waals surface area contributed by atoms with Crippen LogP contribution in [0.1, 0.15) is 32.1 Å². The molecule has 7 heteroatoms. The number of hydrogen-bond acceptors (Lipinski definition) is 4. The Kier molecular flexibility index (Phi) is 3.04. The maximum Gasteiger partial charge on any atom is 0.239 e. The first-order valence-corrected chi connectivity index (χ1v) is 8.43. The highest BCUT2D eigenvalue weighted by Gasteiger charge is 2.24. The zero-order chi connectivity index (χ0) is 15.9. The van der Waals surface area contributed by atoms with Crippen molar-refractivity contribution < 1.29 is 4.74 Å². The van der Waals surface area contributed by atoms with Crippen LogP contribution in [0.3, 0.4) is 0 Å². The number of imidazole rings is 1. The molecule has 0 radical (unpaired) electrons. The lowest BCUT2D eigenvalue weighted by Gasteiger charge is -2.22. The Morgan fingerprint density at radius 2 is 1.83 bits per heavy atom. The van der Waals surface area contributed by atoms with E-state index in [1.807, 2.05) is 28.8 Å². The predicted molar refractivity (Wildman–Crippen MR) is 89.5 cm³/mol. The number of fused-ring (bicyclic) bond motifs is 3. The summed E-state index contributed by atoms with van der Waals surface area (Å²) in [6.45, 7) is 0. The highest BCUT2D eigenvalue weighted by Crippen LogP contribution is 2.31. The van der Waals surface area contributed by atoms with Crippen molar-refractivity contribution in [1.29, 1.82) is 0 Å². The van der Waals surface area contributed by atoms with Crippen molar-refractivity contribution in [2.24, 2.45) is 0 Å². The van der Waals surface area contributed by atoms with Crippen LogP contribution in [0.2, 0.25) is 0 Å². The van der Waals surface area contributed by atoms with Crippen molar-refractivity contribution in [3.63, 3.8) is 0 Å². The summed E-state index contributed by atoms with van der Waals surface area (Å²) in [7, 11) is 0. The Labute approximate surface area is 138 Å². The highest BCUT2D eigenvalue weighted by molar-refractivity contribution is 5.83. The average Bonchev–Trinajstić information content (AvgIpc) is 3.31. The van der Waals surface area contributed by atoms with Crippen LogP contribution >= 0.6 is 0 Å². The van der Waals surface area contributed by atoms with Crippen molar-refractivity contribution in [2.75, 3.05) is 0 Å². The average molecular weight is 322 g/mol. The lowest BCUT2D eigenvalue weighted by Crippen LogP contribution is -2.20. The normalized spacial score (nSPS) is 16.2. The minimum absolute atomic E-state index is 0.239. The number of hydrogen-bond donors (Lipinski definition) is 1. The van der Waals surface area contributed by atoms with Gasteiger partial charge in [0.15, 0.2) is 11.3 Å². The molecule has 0 aliphatic heterocycles. The van der Waals surface area contributed by atoms with Gasteiger partial charge in [-0.15, -0.1) is 4.80 Å². The number of ether oxygens (including phenoxy) is 1. The van der Waals surface area contributed by atoms with Crippen molar-refractivity contribution in [1.82, 2.24) is 29.6 Å². The topological polar surface area (TPSA) is 73.0 Å². The number of nitrogens with zero attached hydrogens (tertiary/aromatic N) is 5. The van der Waals surface area contributed by atoms with E-state index < -0.39 is 0 Å². The van der Waals surface area contributed by atoms with Gasteiger partial charge >= 0.3 is 0 Å². The second kappa shape index (κ2) is 5.36. The van der Waals surface area contributed by atoms with Crippen LogP contribution in [0.25, 0.3) is 22.4 Å². The van der Waals surface area contributed by atoms with Crippen molar-refractivity contribution in [3.8, 4) is 11.6 Å². The van der Waals surface area contributed by atoms with E-state index in [1.54, 1.807) is 17.2 Å². The van der Waals surface area contributed by atoms with E-state index in [-0.39, 0.29) is 6.10 Å². The molecule has 4 aromatic rings. The van der Waals surface area contributed by atoms with Crippen LogP contribution in [-0.2, 0) is 0 Å². The summed E-state index contributed by atoms with van der Waals surface area (Å²) in [5.41, 5.74) is 3.49. The van der Waals surface area contributed by atoms with E-state index in [4.69, 9.17) is 9.72 Å². The molecule has 1 fully saturated rings. The van der Waals surface area contributed by atoms with Crippen LogP contribution in [-0.4, -0.2) is 35.7 Å². The fourth-order valence-corrected chi connectivity index (χ4v) is 3.50. The Hall–Kier alpha value is -2.83. The Morgan fingerprint density at radius 3 is 2.67 bits per heavy atom. The molecule has 1 saturated carbocycles. The first-order chi connectivity index (χ1) is 11.9. The molecule has 24 heavy (non-hydrogen) atoms. The molecule has 122 valence electrons. The maximum absolute atomic E-state index is 6.29. The van der Waals surface area contributed by atoms with Crippen molar-refractivity contribution >= 4 is 16.7 Å². The summed E-state index contributed by atoms with van der Waals surface area (Å²) in [4.78, 5) is 6.31. The van der Waals surface area contributed by atoms with Gasteiger partial charge in [0, 0.05) is 0 Å². The van der Waals surface area contributed by atoms with Gasteiger partial charge < -0.3 is 4.74 Å². The Balaban J connectivity index is 1.68. The first kappa shape index (κ1) is 13.6. The molecule has 3 aromatic heterocycles. The molecule has 0 atom stereocenters. The van der Waals surface area contributed by atoms with Gasteiger partial charge in [0.25, 0.3) is 0 Å². The molecule has 1 aliphatic carbocycles. The number of H-pyrrole nitrogens is 1. The van der Waals surface area contributed by atoms with Gasteiger partial charge in [0.2, 0.25) is 5.88 Å². The number of nitrogens with one attached hydrogen (secondary N) is 1. The van der Waals surface area contributed by atoms with Crippen molar-refractivity contribution in [2.45, 2.75) is 38.2 Å². The fraction of sp³-hybridized carbons (Fsp3) is 0.353. The summed E-state index contributed by atoms with van der Waals surface area (Å²) >= 11 is 0. The van der Waals surface area contributed by atoms with Crippen LogP contribution in [0, 0.1) is 0 Å². The molecular formula is C17H18N6O. The van der Waals surface area contributed by atoms with Gasteiger partial charge in [-0.3, -0.25) is 5.10 Å². The highest BCUT2D eigenvalue weighted by atomic mass is 16.5. The van der Waals surface area contributed by atoms with Gasteiger partial charge in [-0.05, 0) is 37.8 Å². The van der Waals surface area contributed by atoms with Gasteiger partial charge in [0.05, 0.1) is 23.4 Å². The number of benzene rings is 1. The summed E-state index contributed by atoms with van der Waals surface area (Å²) in [5.74, 6) is 0.686. The smallest absolute Gasteiger partial charge is 0.239 e. The van der Waals surface area contributed by atoms with E-state index in [0.717, 1.165) is 35.2 Å². The van der Waals surface area contributed by atoms with E-state index in [2.05, 4.69) is 15.3 Å². The monoisotopic (exact) mass is 322 g/mol. The SMILES string of the molecule is c1ccc2c(c1)nc1c(-n3nccn3)c(OC3CCCCC3)[nH]n12. The Morgan fingerprint density at radius 1 is 1.04 bits per heavy atom. The van der Waals surface area contributed by atoms with E-state index in [9.17, 15) is 0 Å². The molecule has 0 unspecified atom stereocenters. The van der Waals surface area contributed by atoms with Gasteiger partial charge in [-0.2, -0.15) is 10.2 Å². The summed E-state index contributed by atoms with van der Waals surface area (Å²) in [6.07, 6.45) is 9.49. The zero-order valence-corrected chi connectivity index (χ0v) is 13.2. The molecule has 5 rings (SSSR count). The predicted octanol–water partition coefficient (Wildman–Crippen LogP) is 3.11. The fourth-order valence-electron chi connectivity index (χ4n) is 3.50. The molecule has 3 heterocycles. The molecule has 7 nitrogen and oxygen atoms in total. The Bertz CT molecular complexity index is 977. The summed E-state index contributed by atoms with van der Waals surface area (Å²) < 4.78 is 8.24. The number of rotatable bonds is 3. The van der Waals surface area contributed by atoms with Gasteiger partial charge in [-0.25, -0.2) is 9.50 Å². The molecule has 0 bridgehead atoms. The molecule has 0 saturated heterocycles. The van der Waals surface area contributed by atoms with Crippen LogP contribution in [0.4, 0.5) is 0 Å². The third-order valence-corrected chi connectivity index (χ3v) is 4.66. The van der Waals surface area contributed by atoms with Gasteiger partial charge in [0.1, 0.15) is 6.10 Å². The lowest BCUT2D eigenvalue weighted by atomic mass is 9.98. The van der Waals surface area contributed by atoms with Crippen molar-refractivity contribution in [3.05, 3.63) is 36.7 Å².